The Kier molecular flexibility index (Phi) is 6.64. The summed E-state index contributed by atoms with van der Waals surface area (Å²) >= 11 is 0. The van der Waals surface area contributed by atoms with E-state index < -0.39 is 5.97 Å². The standard InChI is InChI=1S/C13H23N5O3/c1-4-9(2)5-10(3)15-13(21)14-6-11-7-18(17-16-11)8-12(19)20/h7,9-10H,4-6,8H2,1-3H3,(H,19,20)(H2,14,15,21). The van der Waals surface area contributed by atoms with Crippen molar-refractivity contribution in [1.82, 2.24) is 25.6 Å². The number of carboxylic acid groups (broad SMARTS) is 1. The first-order valence-corrected chi connectivity index (χ1v) is 7.05. The van der Waals surface area contributed by atoms with E-state index in [4.69, 9.17) is 5.11 Å². The molecule has 0 aliphatic rings. The zero-order chi connectivity index (χ0) is 15.8. The van der Waals surface area contributed by atoms with Crippen LogP contribution in [0.2, 0.25) is 0 Å². The summed E-state index contributed by atoms with van der Waals surface area (Å²) in [4.78, 5) is 22.2. The van der Waals surface area contributed by atoms with E-state index in [1.54, 1.807) is 0 Å². The van der Waals surface area contributed by atoms with Crippen LogP contribution < -0.4 is 10.6 Å². The maximum atomic E-state index is 11.7. The van der Waals surface area contributed by atoms with Crippen LogP contribution in [-0.2, 0) is 17.9 Å². The van der Waals surface area contributed by atoms with Gasteiger partial charge in [0.05, 0.1) is 12.7 Å². The van der Waals surface area contributed by atoms with E-state index >= 15 is 0 Å². The Hall–Kier alpha value is -2.12. The molecule has 0 radical (unpaired) electrons. The van der Waals surface area contributed by atoms with Crippen molar-refractivity contribution in [3.05, 3.63) is 11.9 Å². The van der Waals surface area contributed by atoms with E-state index in [0.29, 0.717) is 11.6 Å². The van der Waals surface area contributed by atoms with Gasteiger partial charge in [0.25, 0.3) is 0 Å². The maximum absolute atomic E-state index is 11.7. The molecular weight excluding hydrogens is 274 g/mol. The Morgan fingerprint density at radius 1 is 1.43 bits per heavy atom. The van der Waals surface area contributed by atoms with E-state index in [1.165, 1.54) is 10.9 Å². The van der Waals surface area contributed by atoms with Gasteiger partial charge in [-0.1, -0.05) is 25.5 Å². The number of hydrogen-bond donors (Lipinski definition) is 3. The minimum Gasteiger partial charge on any atom is -0.480 e. The Labute approximate surface area is 123 Å². The first-order chi connectivity index (χ1) is 9.90. The molecule has 21 heavy (non-hydrogen) atoms. The zero-order valence-corrected chi connectivity index (χ0v) is 12.7. The normalized spacial score (nSPS) is 13.5. The van der Waals surface area contributed by atoms with E-state index in [-0.39, 0.29) is 25.2 Å². The van der Waals surface area contributed by atoms with Gasteiger partial charge < -0.3 is 15.7 Å². The predicted molar refractivity (Wildman–Crippen MR) is 76.6 cm³/mol. The number of nitrogens with zero attached hydrogens (tertiary/aromatic N) is 3. The number of aliphatic carboxylic acids is 1. The SMILES string of the molecule is CCC(C)CC(C)NC(=O)NCc1cn(CC(=O)O)nn1. The van der Waals surface area contributed by atoms with Crippen molar-refractivity contribution < 1.29 is 14.7 Å². The van der Waals surface area contributed by atoms with Crippen molar-refractivity contribution in [2.75, 3.05) is 0 Å². The number of carbonyl (C=O) groups excluding carboxylic acids is 1. The number of hydrogen-bond acceptors (Lipinski definition) is 4. The highest BCUT2D eigenvalue weighted by atomic mass is 16.4. The summed E-state index contributed by atoms with van der Waals surface area (Å²) in [5, 5.41) is 21.6. The Morgan fingerprint density at radius 2 is 2.14 bits per heavy atom. The summed E-state index contributed by atoms with van der Waals surface area (Å²) in [7, 11) is 0. The van der Waals surface area contributed by atoms with Gasteiger partial charge >= 0.3 is 12.0 Å². The topological polar surface area (TPSA) is 109 Å². The molecule has 0 aromatic carbocycles. The number of rotatable bonds is 8. The zero-order valence-electron chi connectivity index (χ0n) is 12.7. The van der Waals surface area contributed by atoms with E-state index in [9.17, 15) is 9.59 Å². The van der Waals surface area contributed by atoms with Gasteiger partial charge in [0, 0.05) is 6.04 Å². The highest BCUT2D eigenvalue weighted by Crippen LogP contribution is 2.09. The van der Waals surface area contributed by atoms with Crippen molar-refractivity contribution in [2.24, 2.45) is 5.92 Å². The number of urea groups is 1. The van der Waals surface area contributed by atoms with Gasteiger partial charge in [0.2, 0.25) is 0 Å². The smallest absolute Gasteiger partial charge is 0.325 e. The van der Waals surface area contributed by atoms with Gasteiger partial charge in [0.15, 0.2) is 0 Å². The van der Waals surface area contributed by atoms with Crippen LogP contribution in [0.15, 0.2) is 6.20 Å². The monoisotopic (exact) mass is 297 g/mol. The number of amides is 2. The Bertz CT molecular complexity index is 474. The molecule has 3 N–H and O–H groups in total. The van der Waals surface area contributed by atoms with Crippen LogP contribution in [0.5, 0.6) is 0 Å². The van der Waals surface area contributed by atoms with Crippen molar-refractivity contribution in [3.8, 4) is 0 Å². The average molecular weight is 297 g/mol. The summed E-state index contributed by atoms with van der Waals surface area (Å²) in [6.45, 7) is 6.20. The highest BCUT2D eigenvalue weighted by Gasteiger charge is 2.11. The number of carboxylic acids is 1. The summed E-state index contributed by atoms with van der Waals surface area (Å²) in [6.07, 6.45) is 3.51. The number of aromatic nitrogens is 3. The molecule has 0 aliphatic heterocycles. The van der Waals surface area contributed by atoms with Gasteiger partial charge in [-0.15, -0.1) is 5.10 Å². The molecule has 118 valence electrons. The first kappa shape index (κ1) is 16.9. The molecule has 0 bridgehead atoms. The van der Waals surface area contributed by atoms with E-state index in [2.05, 4.69) is 34.8 Å². The summed E-state index contributed by atoms with van der Waals surface area (Å²) < 4.78 is 1.21. The molecule has 2 atom stereocenters. The summed E-state index contributed by atoms with van der Waals surface area (Å²) in [5.41, 5.74) is 0.515. The molecule has 0 fully saturated rings. The molecule has 0 saturated carbocycles. The Balaban J connectivity index is 2.32. The van der Waals surface area contributed by atoms with E-state index in [0.717, 1.165) is 12.8 Å². The molecule has 1 rings (SSSR count). The molecule has 2 unspecified atom stereocenters. The van der Waals surface area contributed by atoms with Gasteiger partial charge in [-0.2, -0.15) is 0 Å². The van der Waals surface area contributed by atoms with Crippen molar-refractivity contribution in [1.29, 1.82) is 0 Å². The second-order valence-corrected chi connectivity index (χ2v) is 5.28. The van der Waals surface area contributed by atoms with Gasteiger partial charge in [-0.05, 0) is 19.3 Å². The van der Waals surface area contributed by atoms with Crippen LogP contribution in [-0.4, -0.2) is 38.1 Å². The second-order valence-electron chi connectivity index (χ2n) is 5.28. The van der Waals surface area contributed by atoms with Crippen LogP contribution >= 0.6 is 0 Å². The molecule has 2 amide bonds. The van der Waals surface area contributed by atoms with Crippen molar-refractivity contribution >= 4 is 12.0 Å². The fourth-order valence-electron chi connectivity index (χ4n) is 1.91. The molecule has 0 aliphatic carbocycles. The van der Waals surface area contributed by atoms with Crippen LogP contribution in [0.4, 0.5) is 4.79 Å². The van der Waals surface area contributed by atoms with Gasteiger partial charge in [0.1, 0.15) is 12.2 Å². The van der Waals surface area contributed by atoms with Crippen LogP contribution in [0.3, 0.4) is 0 Å². The minimum atomic E-state index is -0.990. The molecule has 1 heterocycles. The van der Waals surface area contributed by atoms with Crippen LogP contribution in [0.25, 0.3) is 0 Å². The first-order valence-electron chi connectivity index (χ1n) is 7.05. The second kappa shape index (κ2) is 8.23. The molecule has 8 nitrogen and oxygen atoms in total. The number of nitrogens with one attached hydrogen (secondary N) is 2. The lowest BCUT2D eigenvalue weighted by molar-refractivity contribution is -0.137. The molecule has 1 aromatic heterocycles. The quantitative estimate of drug-likeness (QED) is 0.663. The van der Waals surface area contributed by atoms with Crippen molar-refractivity contribution in [3.63, 3.8) is 0 Å². The third kappa shape index (κ3) is 6.73. The number of carbonyl (C=O) groups is 2. The minimum absolute atomic E-state index is 0.0997. The fraction of sp³-hybridized carbons (Fsp3) is 0.692. The van der Waals surface area contributed by atoms with Crippen LogP contribution in [0.1, 0.15) is 39.3 Å². The molecule has 8 heteroatoms. The molecular formula is C13H23N5O3. The molecule has 0 saturated heterocycles. The van der Waals surface area contributed by atoms with E-state index in [1.807, 2.05) is 6.92 Å². The predicted octanol–water partition coefficient (Wildman–Crippen LogP) is 0.987. The van der Waals surface area contributed by atoms with Gasteiger partial charge in [-0.3, -0.25) is 4.79 Å². The Morgan fingerprint density at radius 3 is 2.76 bits per heavy atom. The fourth-order valence-corrected chi connectivity index (χ4v) is 1.91. The lowest BCUT2D eigenvalue weighted by Crippen LogP contribution is -2.41. The van der Waals surface area contributed by atoms with Gasteiger partial charge in [-0.25, -0.2) is 9.48 Å². The largest absolute Gasteiger partial charge is 0.480 e. The maximum Gasteiger partial charge on any atom is 0.325 e. The molecule has 1 aromatic rings. The highest BCUT2D eigenvalue weighted by molar-refractivity contribution is 5.74. The van der Waals surface area contributed by atoms with Crippen molar-refractivity contribution in [2.45, 2.75) is 52.7 Å². The average Bonchev–Trinajstić information content (AvgIpc) is 2.82. The summed E-state index contributed by atoms with van der Waals surface area (Å²) in [6, 6.07) is -0.166. The van der Waals surface area contributed by atoms with Crippen LogP contribution in [0, 0.1) is 5.92 Å². The third-order valence-electron chi connectivity index (χ3n) is 3.14. The lowest BCUT2D eigenvalue weighted by Gasteiger charge is -2.17. The lowest BCUT2D eigenvalue weighted by atomic mass is 10.0. The third-order valence-corrected chi connectivity index (χ3v) is 3.14. The summed E-state index contributed by atoms with van der Waals surface area (Å²) in [5.74, 6) is -0.424. The molecule has 0 spiro atoms.